The number of thiazole rings is 1. The quantitative estimate of drug-likeness (QED) is 0.844. The SMILES string of the molecule is CC1CCN(CCCNC(=O)c2cnc3sccn3c2=O)CC1. The topological polar surface area (TPSA) is 66.7 Å². The molecule has 0 atom stereocenters. The van der Waals surface area contributed by atoms with Crippen molar-refractivity contribution in [1.29, 1.82) is 0 Å². The van der Waals surface area contributed by atoms with Gasteiger partial charge in [0.15, 0.2) is 4.96 Å². The monoisotopic (exact) mass is 334 g/mol. The fraction of sp³-hybridized carbons (Fsp3) is 0.562. The standard InChI is InChI=1S/C16H22N4O2S/c1-12-3-7-19(8-4-12)6-2-5-17-14(21)13-11-18-16-20(15(13)22)9-10-23-16/h9-12H,2-8H2,1H3,(H,17,21). The molecule has 0 aliphatic carbocycles. The van der Waals surface area contributed by atoms with Gasteiger partial charge in [-0.25, -0.2) is 4.98 Å². The average Bonchev–Trinajstić information content (AvgIpc) is 3.03. The lowest BCUT2D eigenvalue weighted by Gasteiger charge is -2.30. The van der Waals surface area contributed by atoms with Crippen LogP contribution in [0.25, 0.3) is 4.96 Å². The van der Waals surface area contributed by atoms with E-state index in [0.29, 0.717) is 11.5 Å². The van der Waals surface area contributed by atoms with Gasteiger partial charge in [-0.2, -0.15) is 0 Å². The number of rotatable bonds is 5. The largest absolute Gasteiger partial charge is 0.352 e. The van der Waals surface area contributed by atoms with Crippen LogP contribution in [0.3, 0.4) is 0 Å². The molecule has 1 fully saturated rings. The molecule has 0 unspecified atom stereocenters. The highest BCUT2D eigenvalue weighted by Crippen LogP contribution is 2.15. The van der Waals surface area contributed by atoms with Gasteiger partial charge in [0.25, 0.3) is 11.5 Å². The lowest BCUT2D eigenvalue weighted by atomic mass is 9.99. The Morgan fingerprint density at radius 3 is 3.00 bits per heavy atom. The molecule has 6 nitrogen and oxygen atoms in total. The number of hydrogen-bond donors (Lipinski definition) is 1. The number of carbonyl (C=O) groups excluding carboxylic acids is 1. The van der Waals surface area contributed by atoms with Crippen LogP contribution in [-0.4, -0.2) is 46.4 Å². The minimum Gasteiger partial charge on any atom is -0.352 e. The van der Waals surface area contributed by atoms with Gasteiger partial charge in [0, 0.05) is 24.3 Å². The molecular weight excluding hydrogens is 312 g/mol. The van der Waals surface area contributed by atoms with E-state index < -0.39 is 0 Å². The van der Waals surface area contributed by atoms with E-state index in [4.69, 9.17) is 0 Å². The summed E-state index contributed by atoms with van der Waals surface area (Å²) in [5, 5.41) is 4.61. The van der Waals surface area contributed by atoms with Crippen molar-refractivity contribution in [2.75, 3.05) is 26.2 Å². The van der Waals surface area contributed by atoms with E-state index in [1.807, 2.05) is 0 Å². The Balaban J connectivity index is 1.49. The first kappa shape index (κ1) is 16.1. The Morgan fingerprint density at radius 1 is 1.43 bits per heavy atom. The Kier molecular flexibility index (Phi) is 5.07. The van der Waals surface area contributed by atoms with Gasteiger partial charge in [-0.3, -0.25) is 14.0 Å². The second-order valence-electron chi connectivity index (χ2n) is 6.17. The third-order valence-electron chi connectivity index (χ3n) is 4.40. The summed E-state index contributed by atoms with van der Waals surface area (Å²) < 4.78 is 1.41. The van der Waals surface area contributed by atoms with E-state index in [1.54, 1.807) is 11.6 Å². The maximum absolute atomic E-state index is 12.2. The summed E-state index contributed by atoms with van der Waals surface area (Å²) in [5.74, 6) is 0.494. The van der Waals surface area contributed by atoms with Crippen LogP contribution in [0, 0.1) is 5.92 Å². The second kappa shape index (κ2) is 7.23. The maximum atomic E-state index is 12.2. The summed E-state index contributed by atoms with van der Waals surface area (Å²) in [5.41, 5.74) is -0.202. The fourth-order valence-electron chi connectivity index (χ4n) is 2.87. The number of hydrogen-bond acceptors (Lipinski definition) is 5. The third-order valence-corrected chi connectivity index (χ3v) is 5.17. The van der Waals surface area contributed by atoms with Gasteiger partial charge in [-0.15, -0.1) is 11.3 Å². The lowest BCUT2D eigenvalue weighted by Crippen LogP contribution is -2.36. The van der Waals surface area contributed by atoms with E-state index in [2.05, 4.69) is 22.1 Å². The van der Waals surface area contributed by atoms with Gasteiger partial charge in [0.2, 0.25) is 0 Å². The first-order chi connectivity index (χ1) is 11.1. The Bertz CT molecular complexity index is 731. The van der Waals surface area contributed by atoms with Crippen LogP contribution < -0.4 is 10.9 Å². The van der Waals surface area contributed by atoms with Gasteiger partial charge in [0.1, 0.15) is 5.56 Å². The number of aromatic nitrogens is 2. The van der Waals surface area contributed by atoms with Gasteiger partial charge in [-0.1, -0.05) is 6.92 Å². The van der Waals surface area contributed by atoms with Gasteiger partial charge in [-0.05, 0) is 44.8 Å². The van der Waals surface area contributed by atoms with Crippen LogP contribution in [0.2, 0.25) is 0 Å². The molecule has 2 aromatic heterocycles. The van der Waals surface area contributed by atoms with Crippen LogP contribution in [0.5, 0.6) is 0 Å². The zero-order chi connectivity index (χ0) is 16.2. The van der Waals surface area contributed by atoms with Crippen LogP contribution in [-0.2, 0) is 0 Å². The van der Waals surface area contributed by atoms with Crippen molar-refractivity contribution in [1.82, 2.24) is 19.6 Å². The predicted octanol–water partition coefficient (Wildman–Crippen LogP) is 1.61. The van der Waals surface area contributed by atoms with E-state index in [-0.39, 0.29) is 17.0 Å². The molecule has 0 radical (unpaired) electrons. The van der Waals surface area contributed by atoms with Crippen molar-refractivity contribution in [2.45, 2.75) is 26.2 Å². The zero-order valence-electron chi connectivity index (χ0n) is 13.3. The smallest absolute Gasteiger partial charge is 0.271 e. The first-order valence-corrected chi connectivity index (χ1v) is 8.98. The lowest BCUT2D eigenvalue weighted by molar-refractivity contribution is 0.0948. The van der Waals surface area contributed by atoms with Crippen molar-refractivity contribution in [2.24, 2.45) is 5.92 Å². The van der Waals surface area contributed by atoms with Gasteiger partial charge in [0.05, 0.1) is 0 Å². The number of likely N-dealkylation sites (tertiary alicyclic amines) is 1. The molecule has 2 aromatic rings. The van der Waals surface area contributed by atoms with E-state index in [9.17, 15) is 9.59 Å². The van der Waals surface area contributed by atoms with Crippen molar-refractivity contribution in [3.8, 4) is 0 Å². The highest BCUT2D eigenvalue weighted by atomic mass is 32.1. The molecule has 124 valence electrons. The van der Waals surface area contributed by atoms with Crippen LogP contribution >= 0.6 is 11.3 Å². The van der Waals surface area contributed by atoms with E-state index in [1.165, 1.54) is 34.8 Å². The number of nitrogens with zero attached hydrogens (tertiary/aromatic N) is 3. The highest BCUT2D eigenvalue weighted by molar-refractivity contribution is 7.15. The molecule has 0 bridgehead atoms. The van der Waals surface area contributed by atoms with Crippen molar-refractivity contribution in [3.05, 3.63) is 33.7 Å². The predicted molar refractivity (Wildman–Crippen MR) is 91.1 cm³/mol. The van der Waals surface area contributed by atoms with E-state index in [0.717, 1.165) is 32.0 Å². The molecule has 3 rings (SSSR count). The summed E-state index contributed by atoms with van der Waals surface area (Å²) in [4.78, 5) is 31.5. The van der Waals surface area contributed by atoms with E-state index >= 15 is 0 Å². The molecule has 0 aromatic carbocycles. The van der Waals surface area contributed by atoms with Gasteiger partial charge >= 0.3 is 0 Å². The molecule has 1 aliphatic heterocycles. The number of amides is 1. The molecule has 3 heterocycles. The van der Waals surface area contributed by atoms with Crippen LogP contribution in [0.4, 0.5) is 0 Å². The summed E-state index contributed by atoms with van der Waals surface area (Å²) >= 11 is 1.37. The zero-order valence-corrected chi connectivity index (χ0v) is 14.1. The van der Waals surface area contributed by atoms with Crippen molar-refractivity contribution < 1.29 is 4.79 Å². The summed E-state index contributed by atoms with van der Waals surface area (Å²) in [6.45, 7) is 6.17. The number of piperidine rings is 1. The normalized spacial score (nSPS) is 16.7. The summed E-state index contributed by atoms with van der Waals surface area (Å²) in [6.07, 6.45) is 6.43. The Morgan fingerprint density at radius 2 is 2.22 bits per heavy atom. The fourth-order valence-corrected chi connectivity index (χ4v) is 3.54. The van der Waals surface area contributed by atoms with Crippen LogP contribution in [0.1, 0.15) is 36.5 Å². The molecule has 1 amide bonds. The molecule has 0 spiro atoms. The van der Waals surface area contributed by atoms with Gasteiger partial charge < -0.3 is 10.2 Å². The number of carbonyl (C=O) groups is 1. The second-order valence-corrected chi connectivity index (χ2v) is 7.04. The van der Waals surface area contributed by atoms with Crippen molar-refractivity contribution >= 4 is 22.2 Å². The highest BCUT2D eigenvalue weighted by Gasteiger charge is 2.16. The number of fused-ring (bicyclic) bond motifs is 1. The Hall–Kier alpha value is -1.73. The molecule has 7 heteroatoms. The molecule has 23 heavy (non-hydrogen) atoms. The summed E-state index contributed by atoms with van der Waals surface area (Å²) in [7, 11) is 0. The minimum absolute atomic E-state index is 0.104. The average molecular weight is 334 g/mol. The maximum Gasteiger partial charge on any atom is 0.271 e. The van der Waals surface area contributed by atoms with Crippen molar-refractivity contribution in [3.63, 3.8) is 0 Å². The molecule has 1 aliphatic rings. The third kappa shape index (κ3) is 3.79. The molecule has 0 saturated carbocycles. The Labute approximate surface area is 139 Å². The minimum atomic E-state index is -0.338. The molecule has 1 N–H and O–H groups in total. The first-order valence-electron chi connectivity index (χ1n) is 8.10. The molecular formula is C16H22N4O2S. The number of nitrogens with one attached hydrogen (secondary N) is 1. The summed E-state index contributed by atoms with van der Waals surface area (Å²) in [6, 6.07) is 0. The molecule has 1 saturated heterocycles. The van der Waals surface area contributed by atoms with Crippen LogP contribution in [0.15, 0.2) is 22.6 Å².